The summed E-state index contributed by atoms with van der Waals surface area (Å²) in [4.78, 5) is 25.9. The van der Waals surface area contributed by atoms with Crippen LogP contribution in [-0.4, -0.2) is 39.2 Å². The number of carbonyl (C=O) groups is 2. The molecule has 0 aliphatic carbocycles. The molecule has 1 saturated heterocycles. The van der Waals surface area contributed by atoms with Crippen molar-refractivity contribution in [2.24, 2.45) is 0 Å². The number of aromatic nitrogens is 2. The molecule has 1 atom stereocenters. The van der Waals surface area contributed by atoms with Crippen LogP contribution in [0.4, 0.5) is 0 Å². The van der Waals surface area contributed by atoms with Gasteiger partial charge in [-0.1, -0.05) is 36.4 Å². The molecule has 29 heavy (non-hydrogen) atoms. The maximum atomic E-state index is 12.9. The molecular weight excluding hydrogens is 366 g/mol. The maximum Gasteiger partial charge on any atom is 0.304 e. The number of benzene rings is 1. The van der Waals surface area contributed by atoms with Crippen LogP contribution < -0.4 is 0 Å². The molecule has 0 N–H and O–H groups in total. The summed E-state index contributed by atoms with van der Waals surface area (Å²) in [5.74, 6) is -0.530. The van der Waals surface area contributed by atoms with Gasteiger partial charge < -0.3 is 9.64 Å². The van der Waals surface area contributed by atoms with Crippen molar-refractivity contribution in [2.75, 3.05) is 6.54 Å². The number of pyridine rings is 1. The van der Waals surface area contributed by atoms with Gasteiger partial charge in [-0.25, -0.2) is 4.52 Å². The minimum Gasteiger partial charge on any atom is -0.442 e. The zero-order valence-corrected chi connectivity index (χ0v) is 16.3. The van der Waals surface area contributed by atoms with Crippen molar-refractivity contribution in [1.29, 1.82) is 0 Å². The lowest BCUT2D eigenvalue weighted by Gasteiger charge is -2.33. The lowest BCUT2D eigenvalue weighted by Crippen LogP contribution is -2.45. The van der Waals surface area contributed by atoms with Gasteiger partial charge in [0.25, 0.3) is 0 Å². The van der Waals surface area contributed by atoms with Crippen molar-refractivity contribution >= 4 is 23.5 Å². The van der Waals surface area contributed by atoms with E-state index in [1.54, 1.807) is 11.0 Å². The van der Waals surface area contributed by atoms with E-state index >= 15 is 0 Å². The second-order valence-corrected chi connectivity index (χ2v) is 7.08. The highest BCUT2D eigenvalue weighted by Crippen LogP contribution is 2.27. The number of esters is 1. The average molecular weight is 389 g/mol. The predicted molar refractivity (Wildman–Crippen MR) is 111 cm³/mol. The summed E-state index contributed by atoms with van der Waals surface area (Å²) in [6, 6.07) is 15.8. The Labute approximate surface area is 169 Å². The molecule has 3 aromatic rings. The molecule has 1 aliphatic rings. The van der Waals surface area contributed by atoms with Crippen molar-refractivity contribution in [1.82, 2.24) is 14.5 Å². The van der Waals surface area contributed by atoms with E-state index in [1.165, 1.54) is 6.92 Å². The van der Waals surface area contributed by atoms with E-state index in [0.717, 1.165) is 35.2 Å². The minimum absolute atomic E-state index is 0.162. The van der Waals surface area contributed by atoms with Crippen LogP contribution in [0.2, 0.25) is 0 Å². The molecule has 2 aromatic heterocycles. The van der Waals surface area contributed by atoms with E-state index in [1.807, 2.05) is 65.3 Å². The average Bonchev–Trinajstić information content (AvgIpc) is 3.11. The SMILES string of the molecule is CC(=O)O[C@@H]1CCCCN1C(=O)/C=C/c1c(-c2ccccc2)nn2ccccc12. The fourth-order valence-corrected chi connectivity index (χ4v) is 3.71. The third-order valence-corrected chi connectivity index (χ3v) is 5.05. The Kier molecular flexibility index (Phi) is 5.42. The number of carbonyl (C=O) groups excluding carboxylic acids is 2. The largest absolute Gasteiger partial charge is 0.442 e. The smallest absolute Gasteiger partial charge is 0.304 e. The molecule has 3 heterocycles. The van der Waals surface area contributed by atoms with Crippen molar-refractivity contribution in [3.63, 3.8) is 0 Å². The lowest BCUT2D eigenvalue weighted by atomic mass is 10.1. The number of rotatable bonds is 4. The van der Waals surface area contributed by atoms with Crippen molar-refractivity contribution < 1.29 is 14.3 Å². The van der Waals surface area contributed by atoms with Crippen LogP contribution in [0.25, 0.3) is 22.9 Å². The molecule has 1 aliphatic heterocycles. The standard InChI is InChI=1S/C23H23N3O3/c1-17(27)29-22-12-6-7-15-25(22)21(28)14-13-19-20-11-5-8-16-26(20)24-23(19)18-9-3-2-4-10-18/h2-5,8-11,13-14,16,22H,6-7,12,15H2,1H3/b14-13+/t22-/m1/s1. The Hall–Kier alpha value is -3.41. The zero-order valence-electron chi connectivity index (χ0n) is 16.3. The third-order valence-electron chi connectivity index (χ3n) is 5.05. The van der Waals surface area contributed by atoms with Crippen LogP contribution in [0.15, 0.2) is 60.8 Å². The fraction of sp³-hybridized carbons (Fsp3) is 0.261. The molecule has 1 aromatic carbocycles. The van der Waals surface area contributed by atoms with Crippen LogP contribution >= 0.6 is 0 Å². The van der Waals surface area contributed by atoms with Crippen molar-refractivity contribution in [2.45, 2.75) is 32.4 Å². The molecular formula is C23H23N3O3. The highest BCUT2D eigenvalue weighted by atomic mass is 16.6. The first-order valence-corrected chi connectivity index (χ1v) is 9.82. The van der Waals surface area contributed by atoms with Gasteiger partial charge in [0.2, 0.25) is 5.91 Å². The van der Waals surface area contributed by atoms with Gasteiger partial charge in [-0.2, -0.15) is 5.10 Å². The molecule has 0 unspecified atom stereocenters. The van der Waals surface area contributed by atoms with Crippen LogP contribution in [-0.2, 0) is 14.3 Å². The monoisotopic (exact) mass is 389 g/mol. The van der Waals surface area contributed by atoms with Crippen molar-refractivity contribution in [3.8, 4) is 11.3 Å². The first-order chi connectivity index (χ1) is 14.1. The predicted octanol–water partition coefficient (Wildman–Crippen LogP) is 3.92. The Morgan fingerprint density at radius 3 is 2.69 bits per heavy atom. The van der Waals surface area contributed by atoms with Crippen LogP contribution in [0.5, 0.6) is 0 Å². The molecule has 0 radical (unpaired) electrons. The summed E-state index contributed by atoms with van der Waals surface area (Å²) in [5.41, 5.74) is 3.60. The lowest BCUT2D eigenvalue weighted by molar-refractivity contribution is -0.164. The van der Waals surface area contributed by atoms with E-state index < -0.39 is 6.23 Å². The van der Waals surface area contributed by atoms with Gasteiger partial charge in [-0.15, -0.1) is 0 Å². The second-order valence-electron chi connectivity index (χ2n) is 7.08. The molecule has 1 amide bonds. The molecule has 6 heteroatoms. The summed E-state index contributed by atoms with van der Waals surface area (Å²) in [6.07, 6.45) is 7.29. The number of fused-ring (bicyclic) bond motifs is 1. The summed E-state index contributed by atoms with van der Waals surface area (Å²) in [6.45, 7) is 1.96. The summed E-state index contributed by atoms with van der Waals surface area (Å²) < 4.78 is 7.16. The third kappa shape index (κ3) is 4.06. The van der Waals surface area contributed by atoms with Gasteiger partial charge in [0.1, 0.15) is 5.69 Å². The van der Waals surface area contributed by atoms with Gasteiger partial charge in [-0.3, -0.25) is 9.59 Å². The number of ether oxygens (including phenoxy) is 1. The molecule has 1 fully saturated rings. The summed E-state index contributed by atoms with van der Waals surface area (Å²) >= 11 is 0. The molecule has 6 nitrogen and oxygen atoms in total. The van der Waals surface area contributed by atoms with E-state index in [4.69, 9.17) is 9.84 Å². The van der Waals surface area contributed by atoms with E-state index in [2.05, 4.69) is 0 Å². The number of hydrogen-bond donors (Lipinski definition) is 0. The van der Waals surface area contributed by atoms with Gasteiger partial charge in [0, 0.05) is 43.3 Å². The number of amides is 1. The first-order valence-electron chi connectivity index (χ1n) is 9.82. The zero-order chi connectivity index (χ0) is 20.2. The molecule has 4 rings (SSSR count). The van der Waals surface area contributed by atoms with Crippen molar-refractivity contribution in [3.05, 3.63) is 66.4 Å². The van der Waals surface area contributed by atoms with Gasteiger partial charge in [0.15, 0.2) is 6.23 Å². The number of hydrogen-bond acceptors (Lipinski definition) is 4. The van der Waals surface area contributed by atoms with Crippen LogP contribution in [0.1, 0.15) is 31.7 Å². The Morgan fingerprint density at radius 1 is 1.10 bits per heavy atom. The number of piperidine rings is 1. The Bertz CT molecular complexity index is 1060. The van der Waals surface area contributed by atoms with Gasteiger partial charge in [-0.05, 0) is 31.1 Å². The molecule has 0 bridgehead atoms. The topological polar surface area (TPSA) is 63.9 Å². The second kappa shape index (κ2) is 8.31. The highest BCUT2D eigenvalue weighted by molar-refractivity contribution is 5.95. The minimum atomic E-state index is -0.490. The molecule has 148 valence electrons. The van der Waals surface area contributed by atoms with E-state index in [-0.39, 0.29) is 11.9 Å². The fourth-order valence-electron chi connectivity index (χ4n) is 3.71. The normalized spacial score (nSPS) is 17.0. The molecule has 0 saturated carbocycles. The van der Waals surface area contributed by atoms with Crippen LogP contribution in [0.3, 0.4) is 0 Å². The summed E-state index contributed by atoms with van der Waals surface area (Å²) in [7, 11) is 0. The Morgan fingerprint density at radius 2 is 1.90 bits per heavy atom. The van der Waals surface area contributed by atoms with E-state index in [0.29, 0.717) is 13.0 Å². The first kappa shape index (κ1) is 18.9. The summed E-state index contributed by atoms with van der Waals surface area (Å²) in [5, 5.41) is 4.70. The van der Waals surface area contributed by atoms with Crippen LogP contribution in [0, 0.1) is 0 Å². The van der Waals surface area contributed by atoms with E-state index in [9.17, 15) is 9.59 Å². The van der Waals surface area contributed by atoms with Gasteiger partial charge >= 0.3 is 5.97 Å². The van der Waals surface area contributed by atoms with Gasteiger partial charge in [0.05, 0.1) is 5.52 Å². The number of nitrogens with zero attached hydrogens (tertiary/aromatic N) is 3. The highest BCUT2D eigenvalue weighted by Gasteiger charge is 2.27. The number of likely N-dealkylation sites (tertiary alicyclic amines) is 1. The Balaban J connectivity index is 1.67. The maximum absolute atomic E-state index is 12.9. The quantitative estimate of drug-likeness (QED) is 0.501. The molecule has 0 spiro atoms.